The summed E-state index contributed by atoms with van der Waals surface area (Å²) in [7, 11) is 0. The van der Waals surface area contributed by atoms with Crippen LogP contribution in [0.3, 0.4) is 0 Å². The quantitative estimate of drug-likeness (QED) is 0.735. The van der Waals surface area contributed by atoms with Gasteiger partial charge in [0, 0.05) is 6.20 Å². The van der Waals surface area contributed by atoms with Gasteiger partial charge in [-0.1, -0.05) is 90.5 Å². The Morgan fingerprint density at radius 3 is 2.00 bits per heavy atom. The van der Waals surface area contributed by atoms with Gasteiger partial charge in [0.25, 0.3) is 5.91 Å². The maximum absolute atomic E-state index is 12.9. The first-order chi connectivity index (χ1) is 12.6. The van der Waals surface area contributed by atoms with Gasteiger partial charge < -0.3 is 10.4 Å². The number of benzene rings is 3. The molecular weight excluding hydrogens is 322 g/mol. The number of rotatable bonds is 5. The van der Waals surface area contributed by atoms with Crippen LogP contribution in [0.1, 0.15) is 22.3 Å². The fraction of sp³-hybridized carbons (Fsp3) is 0.0870. The Hall–Kier alpha value is -3.17. The molecule has 0 fully saturated rings. The lowest BCUT2D eigenvalue weighted by atomic mass is 9.85. The minimum atomic E-state index is -1.76. The summed E-state index contributed by atoms with van der Waals surface area (Å²) in [5.74, 6) is -0.501. The van der Waals surface area contributed by atoms with Crippen LogP contribution in [0.5, 0.6) is 0 Å². The van der Waals surface area contributed by atoms with E-state index in [-0.39, 0.29) is 0 Å². The highest BCUT2D eigenvalue weighted by molar-refractivity contribution is 5.91. The molecule has 0 saturated heterocycles. The molecular formula is C23H21NO2. The van der Waals surface area contributed by atoms with E-state index in [2.05, 4.69) is 5.32 Å². The molecule has 0 aliphatic rings. The molecule has 0 bridgehead atoms. The summed E-state index contributed by atoms with van der Waals surface area (Å²) in [6.07, 6.45) is 3.37. The Morgan fingerprint density at radius 1 is 0.885 bits per heavy atom. The van der Waals surface area contributed by atoms with Gasteiger partial charge in [0.1, 0.15) is 0 Å². The SMILES string of the molecule is Cc1cccc(C=CNC(=O)C(O)(c2ccccc2)c2ccccc2)c1. The molecule has 0 saturated carbocycles. The molecule has 2 N–H and O–H groups in total. The maximum atomic E-state index is 12.9. The van der Waals surface area contributed by atoms with Crippen LogP contribution >= 0.6 is 0 Å². The molecule has 0 radical (unpaired) electrons. The number of aliphatic hydroxyl groups is 1. The van der Waals surface area contributed by atoms with Crippen molar-refractivity contribution < 1.29 is 9.90 Å². The minimum absolute atomic E-state index is 0.501. The molecule has 3 nitrogen and oxygen atoms in total. The molecule has 0 spiro atoms. The number of amides is 1. The van der Waals surface area contributed by atoms with Crippen molar-refractivity contribution >= 4 is 12.0 Å². The van der Waals surface area contributed by atoms with E-state index < -0.39 is 11.5 Å². The van der Waals surface area contributed by atoms with Gasteiger partial charge in [-0.2, -0.15) is 0 Å². The molecule has 3 aromatic carbocycles. The molecule has 3 heteroatoms. The number of carbonyl (C=O) groups excluding carboxylic acids is 1. The van der Waals surface area contributed by atoms with Crippen LogP contribution in [0, 0.1) is 6.92 Å². The molecule has 0 aliphatic heterocycles. The van der Waals surface area contributed by atoms with Crippen LogP contribution in [-0.2, 0) is 10.4 Å². The second kappa shape index (κ2) is 7.81. The fourth-order valence-corrected chi connectivity index (χ4v) is 2.88. The highest BCUT2D eigenvalue weighted by Gasteiger charge is 2.39. The van der Waals surface area contributed by atoms with Gasteiger partial charge in [-0.25, -0.2) is 0 Å². The van der Waals surface area contributed by atoms with Crippen LogP contribution < -0.4 is 5.32 Å². The first kappa shape index (κ1) is 17.6. The highest BCUT2D eigenvalue weighted by atomic mass is 16.3. The van der Waals surface area contributed by atoms with Crippen LogP contribution in [0.2, 0.25) is 0 Å². The highest BCUT2D eigenvalue weighted by Crippen LogP contribution is 2.29. The minimum Gasteiger partial charge on any atom is -0.372 e. The van der Waals surface area contributed by atoms with Crippen LogP contribution in [-0.4, -0.2) is 11.0 Å². The molecule has 3 aromatic rings. The molecule has 0 aliphatic carbocycles. The predicted octanol–water partition coefficient (Wildman–Crippen LogP) is 4.02. The first-order valence-electron chi connectivity index (χ1n) is 8.48. The van der Waals surface area contributed by atoms with E-state index >= 15 is 0 Å². The van der Waals surface area contributed by atoms with Crippen molar-refractivity contribution in [2.75, 3.05) is 0 Å². The van der Waals surface area contributed by atoms with Gasteiger partial charge in [-0.15, -0.1) is 0 Å². The molecule has 0 aromatic heterocycles. The Bertz CT molecular complexity index is 862. The molecule has 1 amide bonds. The first-order valence-corrected chi connectivity index (χ1v) is 8.48. The topological polar surface area (TPSA) is 49.3 Å². The lowest BCUT2D eigenvalue weighted by Crippen LogP contribution is -2.43. The molecule has 0 atom stereocenters. The monoisotopic (exact) mass is 343 g/mol. The largest absolute Gasteiger partial charge is 0.372 e. The average molecular weight is 343 g/mol. The van der Waals surface area contributed by atoms with Crippen LogP contribution in [0.25, 0.3) is 6.08 Å². The summed E-state index contributed by atoms with van der Waals surface area (Å²) in [4.78, 5) is 12.9. The van der Waals surface area contributed by atoms with Crippen LogP contribution in [0.4, 0.5) is 0 Å². The second-order valence-corrected chi connectivity index (χ2v) is 6.16. The third-order valence-corrected chi connectivity index (χ3v) is 4.24. The van der Waals surface area contributed by atoms with Gasteiger partial charge in [-0.3, -0.25) is 4.79 Å². The number of nitrogens with one attached hydrogen (secondary N) is 1. The number of hydrogen-bond donors (Lipinski definition) is 2. The number of hydrogen-bond acceptors (Lipinski definition) is 2. The summed E-state index contributed by atoms with van der Waals surface area (Å²) < 4.78 is 0. The molecule has 3 rings (SSSR count). The molecule has 0 heterocycles. The van der Waals surface area contributed by atoms with E-state index in [1.165, 1.54) is 0 Å². The zero-order chi connectivity index (χ0) is 18.4. The number of aryl methyl sites for hydroxylation is 1. The third-order valence-electron chi connectivity index (χ3n) is 4.24. The number of carbonyl (C=O) groups is 1. The van der Waals surface area contributed by atoms with Crippen molar-refractivity contribution in [1.82, 2.24) is 5.32 Å². The smallest absolute Gasteiger partial charge is 0.265 e. The van der Waals surface area contributed by atoms with Crippen molar-refractivity contribution in [1.29, 1.82) is 0 Å². The van der Waals surface area contributed by atoms with Crippen molar-refractivity contribution in [2.24, 2.45) is 0 Å². The summed E-state index contributed by atoms with van der Waals surface area (Å²) >= 11 is 0. The van der Waals surface area contributed by atoms with E-state index in [4.69, 9.17) is 0 Å². The zero-order valence-corrected chi connectivity index (χ0v) is 14.6. The maximum Gasteiger partial charge on any atom is 0.265 e. The second-order valence-electron chi connectivity index (χ2n) is 6.16. The third kappa shape index (κ3) is 3.73. The fourth-order valence-electron chi connectivity index (χ4n) is 2.88. The van der Waals surface area contributed by atoms with E-state index in [9.17, 15) is 9.90 Å². The molecule has 130 valence electrons. The normalized spacial score (nSPS) is 11.5. The van der Waals surface area contributed by atoms with Crippen molar-refractivity contribution in [3.63, 3.8) is 0 Å². The van der Waals surface area contributed by atoms with E-state index in [1.54, 1.807) is 60.8 Å². The summed E-state index contributed by atoms with van der Waals surface area (Å²) in [5.41, 5.74) is 1.40. The van der Waals surface area contributed by atoms with Gasteiger partial charge in [-0.05, 0) is 29.7 Å². The van der Waals surface area contributed by atoms with Gasteiger partial charge in [0.2, 0.25) is 0 Å². The summed E-state index contributed by atoms with van der Waals surface area (Å²) in [5, 5.41) is 14.0. The zero-order valence-electron chi connectivity index (χ0n) is 14.6. The Balaban J connectivity index is 1.89. The standard InChI is InChI=1S/C23H21NO2/c1-18-9-8-10-19(17-18)15-16-24-22(25)23(26,20-11-4-2-5-12-20)21-13-6-3-7-14-21/h2-17,26H,1H3,(H,24,25). The summed E-state index contributed by atoms with van der Waals surface area (Å²) in [6.45, 7) is 2.01. The van der Waals surface area contributed by atoms with Crippen molar-refractivity contribution in [2.45, 2.75) is 12.5 Å². The molecule has 0 unspecified atom stereocenters. The van der Waals surface area contributed by atoms with Gasteiger partial charge >= 0.3 is 0 Å². The van der Waals surface area contributed by atoms with E-state index in [0.717, 1.165) is 11.1 Å². The van der Waals surface area contributed by atoms with Gasteiger partial charge in [0.15, 0.2) is 5.60 Å². The Morgan fingerprint density at radius 2 is 1.46 bits per heavy atom. The molecule has 26 heavy (non-hydrogen) atoms. The lowest BCUT2D eigenvalue weighted by Gasteiger charge is -2.27. The van der Waals surface area contributed by atoms with E-state index in [1.807, 2.05) is 43.3 Å². The average Bonchev–Trinajstić information content (AvgIpc) is 2.68. The Labute approximate surface area is 153 Å². The summed E-state index contributed by atoms with van der Waals surface area (Å²) in [6, 6.07) is 25.9. The van der Waals surface area contributed by atoms with Crippen LogP contribution in [0.15, 0.2) is 91.1 Å². The lowest BCUT2D eigenvalue weighted by molar-refractivity contribution is -0.135. The van der Waals surface area contributed by atoms with Crippen molar-refractivity contribution in [3.8, 4) is 0 Å². The van der Waals surface area contributed by atoms with E-state index in [0.29, 0.717) is 11.1 Å². The predicted molar refractivity (Wildman–Crippen MR) is 104 cm³/mol. The Kier molecular flexibility index (Phi) is 5.30. The van der Waals surface area contributed by atoms with Gasteiger partial charge in [0.05, 0.1) is 0 Å². The van der Waals surface area contributed by atoms with Crippen molar-refractivity contribution in [3.05, 3.63) is 113 Å².